The van der Waals surface area contributed by atoms with Crippen LogP contribution >= 0.6 is 12.2 Å². The molecule has 5 heteroatoms. The number of pyridine rings is 1. The van der Waals surface area contributed by atoms with E-state index in [1.54, 1.807) is 18.3 Å². The van der Waals surface area contributed by atoms with Crippen LogP contribution in [0.5, 0.6) is 0 Å². The topological polar surface area (TPSA) is 37.0 Å². The van der Waals surface area contributed by atoms with Crippen molar-refractivity contribution in [2.75, 3.05) is 5.32 Å². The van der Waals surface area contributed by atoms with Gasteiger partial charge < -0.3 is 10.6 Å². The molecule has 1 aliphatic rings. The lowest BCUT2D eigenvalue weighted by Crippen LogP contribution is -2.45. The quantitative estimate of drug-likeness (QED) is 0.840. The fourth-order valence-corrected chi connectivity index (χ4v) is 3.34. The third kappa shape index (κ3) is 3.25. The average molecular weight is 315 g/mol. The third-order valence-corrected chi connectivity index (χ3v) is 4.33. The van der Waals surface area contributed by atoms with E-state index in [0.717, 1.165) is 24.1 Å². The lowest BCUT2D eigenvalue weighted by molar-refractivity contribution is 0.407. The maximum atomic E-state index is 13.0. The Labute approximate surface area is 135 Å². The SMILES string of the molecule is Fc1ccc(NC(=S)NC2(c3cccnc3)CCCC2)cc1. The normalized spacial score (nSPS) is 16.2. The van der Waals surface area contributed by atoms with Crippen LogP contribution in [-0.2, 0) is 5.54 Å². The van der Waals surface area contributed by atoms with Crippen LogP contribution < -0.4 is 10.6 Å². The standard InChI is InChI=1S/C17H18FN3S/c18-14-5-7-15(8-6-14)20-16(22)21-17(9-1-2-10-17)13-4-3-11-19-12-13/h3-8,11-12H,1-2,9-10H2,(H2,20,21,22). The van der Waals surface area contributed by atoms with Crippen molar-refractivity contribution in [3.05, 3.63) is 60.2 Å². The summed E-state index contributed by atoms with van der Waals surface area (Å²) in [6.45, 7) is 0. The highest BCUT2D eigenvalue weighted by atomic mass is 32.1. The summed E-state index contributed by atoms with van der Waals surface area (Å²) in [6.07, 6.45) is 8.08. The number of thiocarbonyl (C=S) groups is 1. The predicted octanol–water partition coefficient (Wildman–Crippen LogP) is 3.98. The third-order valence-electron chi connectivity index (χ3n) is 4.13. The van der Waals surface area contributed by atoms with Crippen molar-refractivity contribution in [3.63, 3.8) is 0 Å². The van der Waals surface area contributed by atoms with Gasteiger partial charge in [0.25, 0.3) is 0 Å². The van der Waals surface area contributed by atoms with Gasteiger partial charge in [0.1, 0.15) is 5.82 Å². The summed E-state index contributed by atoms with van der Waals surface area (Å²) < 4.78 is 13.0. The van der Waals surface area contributed by atoms with Crippen molar-refractivity contribution in [3.8, 4) is 0 Å². The van der Waals surface area contributed by atoms with Crippen molar-refractivity contribution in [2.24, 2.45) is 0 Å². The zero-order valence-corrected chi connectivity index (χ0v) is 13.0. The molecule has 0 radical (unpaired) electrons. The van der Waals surface area contributed by atoms with Crippen LogP contribution in [0, 0.1) is 5.82 Å². The van der Waals surface area contributed by atoms with Crippen molar-refractivity contribution in [2.45, 2.75) is 31.2 Å². The maximum Gasteiger partial charge on any atom is 0.171 e. The van der Waals surface area contributed by atoms with Crippen molar-refractivity contribution in [1.29, 1.82) is 0 Å². The fourth-order valence-electron chi connectivity index (χ4n) is 3.02. The van der Waals surface area contributed by atoms with E-state index in [1.807, 2.05) is 12.3 Å². The molecule has 0 aliphatic heterocycles. The van der Waals surface area contributed by atoms with E-state index in [4.69, 9.17) is 12.2 Å². The first-order chi connectivity index (χ1) is 10.7. The summed E-state index contributed by atoms with van der Waals surface area (Å²) in [5.74, 6) is -0.257. The van der Waals surface area contributed by atoms with E-state index in [2.05, 4.69) is 21.7 Å². The van der Waals surface area contributed by atoms with Crippen LogP contribution in [-0.4, -0.2) is 10.1 Å². The molecule has 0 unspecified atom stereocenters. The summed E-state index contributed by atoms with van der Waals surface area (Å²) in [6, 6.07) is 10.2. The molecule has 0 amide bonds. The fraction of sp³-hybridized carbons (Fsp3) is 0.294. The largest absolute Gasteiger partial charge is 0.353 e. The molecule has 3 rings (SSSR count). The molecule has 1 aromatic heterocycles. The second-order valence-corrected chi connectivity index (χ2v) is 6.03. The van der Waals surface area contributed by atoms with E-state index in [9.17, 15) is 4.39 Å². The van der Waals surface area contributed by atoms with Gasteiger partial charge in [0.2, 0.25) is 0 Å². The molecule has 1 heterocycles. The molecule has 1 aromatic carbocycles. The number of hydrogen-bond donors (Lipinski definition) is 2. The molecule has 2 aromatic rings. The van der Waals surface area contributed by atoms with Crippen LogP contribution in [0.15, 0.2) is 48.8 Å². The minimum absolute atomic E-state index is 0.154. The summed E-state index contributed by atoms with van der Waals surface area (Å²) in [7, 11) is 0. The lowest BCUT2D eigenvalue weighted by atomic mass is 9.89. The lowest BCUT2D eigenvalue weighted by Gasteiger charge is -2.32. The number of hydrogen-bond acceptors (Lipinski definition) is 2. The average Bonchev–Trinajstić information content (AvgIpc) is 3.00. The molecule has 22 heavy (non-hydrogen) atoms. The first-order valence-electron chi connectivity index (χ1n) is 7.43. The molecule has 0 bridgehead atoms. The molecule has 1 fully saturated rings. The van der Waals surface area contributed by atoms with Gasteiger partial charge in [0.15, 0.2) is 5.11 Å². The van der Waals surface area contributed by atoms with Crippen LogP contribution in [0.25, 0.3) is 0 Å². The van der Waals surface area contributed by atoms with E-state index in [0.29, 0.717) is 5.11 Å². The van der Waals surface area contributed by atoms with E-state index in [-0.39, 0.29) is 11.4 Å². The predicted molar refractivity (Wildman–Crippen MR) is 90.1 cm³/mol. The molecular weight excluding hydrogens is 297 g/mol. The highest BCUT2D eigenvalue weighted by molar-refractivity contribution is 7.80. The Morgan fingerprint density at radius 2 is 1.86 bits per heavy atom. The number of anilines is 1. The van der Waals surface area contributed by atoms with Crippen LogP contribution in [0.1, 0.15) is 31.2 Å². The number of nitrogens with one attached hydrogen (secondary N) is 2. The summed E-state index contributed by atoms with van der Waals surface area (Å²) >= 11 is 5.44. The van der Waals surface area contributed by atoms with Gasteiger partial charge in [0.05, 0.1) is 5.54 Å². The van der Waals surface area contributed by atoms with Gasteiger partial charge in [-0.05, 0) is 61.0 Å². The Hall–Kier alpha value is -2.01. The molecule has 2 N–H and O–H groups in total. The molecule has 0 atom stereocenters. The van der Waals surface area contributed by atoms with Gasteiger partial charge in [-0.1, -0.05) is 18.9 Å². The molecule has 114 valence electrons. The molecule has 3 nitrogen and oxygen atoms in total. The molecule has 0 saturated heterocycles. The minimum Gasteiger partial charge on any atom is -0.353 e. The highest BCUT2D eigenvalue weighted by Crippen LogP contribution is 2.38. The monoisotopic (exact) mass is 315 g/mol. The van der Waals surface area contributed by atoms with Gasteiger partial charge >= 0.3 is 0 Å². The van der Waals surface area contributed by atoms with Crippen LogP contribution in [0.2, 0.25) is 0 Å². The first kappa shape index (κ1) is 14.9. The Balaban J connectivity index is 1.74. The number of rotatable bonds is 3. The zero-order valence-electron chi connectivity index (χ0n) is 12.2. The zero-order chi connectivity index (χ0) is 15.4. The van der Waals surface area contributed by atoms with Gasteiger partial charge in [-0.15, -0.1) is 0 Å². The smallest absolute Gasteiger partial charge is 0.171 e. The first-order valence-corrected chi connectivity index (χ1v) is 7.84. The van der Waals surface area contributed by atoms with E-state index in [1.165, 1.54) is 25.0 Å². The Bertz CT molecular complexity index is 637. The van der Waals surface area contributed by atoms with Crippen LogP contribution in [0.4, 0.5) is 10.1 Å². The molecule has 0 spiro atoms. The number of aromatic nitrogens is 1. The van der Waals surface area contributed by atoms with Gasteiger partial charge in [-0.3, -0.25) is 4.98 Å². The Kier molecular flexibility index (Phi) is 4.34. The van der Waals surface area contributed by atoms with Crippen molar-refractivity contribution < 1.29 is 4.39 Å². The van der Waals surface area contributed by atoms with Gasteiger partial charge in [-0.25, -0.2) is 4.39 Å². The Morgan fingerprint density at radius 3 is 2.50 bits per heavy atom. The molecule has 1 aliphatic carbocycles. The van der Waals surface area contributed by atoms with E-state index >= 15 is 0 Å². The second kappa shape index (κ2) is 6.40. The minimum atomic E-state index is -0.257. The van der Waals surface area contributed by atoms with Crippen molar-refractivity contribution >= 4 is 23.0 Å². The Morgan fingerprint density at radius 1 is 1.14 bits per heavy atom. The second-order valence-electron chi connectivity index (χ2n) is 5.62. The summed E-state index contributed by atoms with van der Waals surface area (Å²) in [4.78, 5) is 4.23. The van der Waals surface area contributed by atoms with E-state index < -0.39 is 0 Å². The molecular formula is C17H18FN3S. The highest BCUT2D eigenvalue weighted by Gasteiger charge is 2.36. The number of halogens is 1. The van der Waals surface area contributed by atoms with Crippen LogP contribution in [0.3, 0.4) is 0 Å². The van der Waals surface area contributed by atoms with Gasteiger partial charge in [-0.2, -0.15) is 0 Å². The number of benzene rings is 1. The molecule has 1 saturated carbocycles. The maximum absolute atomic E-state index is 13.0. The van der Waals surface area contributed by atoms with Gasteiger partial charge in [0, 0.05) is 18.1 Å². The number of nitrogens with zero attached hydrogens (tertiary/aromatic N) is 1. The van der Waals surface area contributed by atoms with Crippen molar-refractivity contribution in [1.82, 2.24) is 10.3 Å². The summed E-state index contributed by atoms with van der Waals surface area (Å²) in [5, 5.41) is 7.14. The summed E-state index contributed by atoms with van der Waals surface area (Å²) in [5.41, 5.74) is 1.78.